The second kappa shape index (κ2) is 9.06. The SMILES string of the molecule is O=C(O)CCN(CCCO)CC(=O)Nc1ccccc1. The van der Waals surface area contributed by atoms with Crippen LogP contribution in [0.2, 0.25) is 0 Å². The van der Waals surface area contributed by atoms with Crippen LogP contribution in [0.5, 0.6) is 0 Å². The Morgan fingerprint density at radius 3 is 2.45 bits per heavy atom. The van der Waals surface area contributed by atoms with E-state index in [1.807, 2.05) is 18.2 Å². The van der Waals surface area contributed by atoms with Gasteiger partial charge >= 0.3 is 5.97 Å². The lowest BCUT2D eigenvalue weighted by molar-refractivity contribution is -0.137. The van der Waals surface area contributed by atoms with Crippen molar-refractivity contribution in [1.29, 1.82) is 0 Å². The largest absolute Gasteiger partial charge is 0.481 e. The summed E-state index contributed by atoms with van der Waals surface area (Å²) in [6.45, 7) is 0.912. The molecule has 0 heterocycles. The summed E-state index contributed by atoms with van der Waals surface area (Å²) in [5.74, 6) is -1.10. The molecule has 1 rings (SSSR count). The maximum Gasteiger partial charge on any atom is 0.304 e. The van der Waals surface area contributed by atoms with Crippen molar-refractivity contribution in [3.63, 3.8) is 0 Å². The summed E-state index contributed by atoms with van der Waals surface area (Å²) in [6.07, 6.45) is 0.488. The Kier molecular flexibility index (Phi) is 7.31. The van der Waals surface area contributed by atoms with Crippen LogP contribution in [-0.2, 0) is 9.59 Å². The number of aliphatic hydroxyl groups is 1. The number of rotatable bonds is 9. The summed E-state index contributed by atoms with van der Waals surface area (Å²) >= 11 is 0. The fourth-order valence-corrected chi connectivity index (χ4v) is 1.74. The van der Waals surface area contributed by atoms with Gasteiger partial charge in [0.15, 0.2) is 0 Å². The second-order valence-electron chi connectivity index (χ2n) is 4.41. The normalized spacial score (nSPS) is 10.5. The van der Waals surface area contributed by atoms with Gasteiger partial charge in [0.25, 0.3) is 0 Å². The smallest absolute Gasteiger partial charge is 0.304 e. The zero-order chi connectivity index (χ0) is 14.8. The van der Waals surface area contributed by atoms with Gasteiger partial charge in [-0.2, -0.15) is 0 Å². The molecule has 0 saturated carbocycles. The maximum absolute atomic E-state index is 11.9. The molecule has 0 aliphatic heterocycles. The number of hydrogen-bond donors (Lipinski definition) is 3. The van der Waals surface area contributed by atoms with Crippen LogP contribution in [0, 0.1) is 0 Å². The summed E-state index contributed by atoms with van der Waals surface area (Å²) in [7, 11) is 0. The van der Waals surface area contributed by atoms with Gasteiger partial charge in [0.1, 0.15) is 0 Å². The molecule has 1 aromatic carbocycles. The van der Waals surface area contributed by atoms with Crippen LogP contribution in [0.4, 0.5) is 5.69 Å². The summed E-state index contributed by atoms with van der Waals surface area (Å²) in [5.41, 5.74) is 0.706. The van der Waals surface area contributed by atoms with Crippen molar-refractivity contribution < 1.29 is 19.8 Å². The predicted molar refractivity (Wildman–Crippen MR) is 75.5 cm³/mol. The summed E-state index contributed by atoms with van der Waals surface area (Å²) < 4.78 is 0. The van der Waals surface area contributed by atoms with Gasteiger partial charge in [-0.3, -0.25) is 14.5 Å². The Morgan fingerprint density at radius 1 is 1.15 bits per heavy atom. The van der Waals surface area contributed by atoms with Gasteiger partial charge in [0, 0.05) is 25.4 Å². The summed E-state index contributed by atoms with van der Waals surface area (Å²) in [5, 5.41) is 20.2. The van der Waals surface area contributed by atoms with E-state index in [-0.39, 0.29) is 32.0 Å². The number of carboxylic acid groups (broad SMARTS) is 1. The number of carbonyl (C=O) groups excluding carboxylic acids is 1. The number of aliphatic carboxylic acids is 1. The highest BCUT2D eigenvalue weighted by Gasteiger charge is 2.12. The lowest BCUT2D eigenvalue weighted by Crippen LogP contribution is -2.35. The van der Waals surface area contributed by atoms with Crippen molar-refractivity contribution in [2.75, 3.05) is 31.6 Å². The first-order valence-electron chi connectivity index (χ1n) is 6.51. The molecule has 0 atom stereocenters. The molecule has 6 heteroatoms. The molecule has 0 spiro atoms. The number of carboxylic acids is 1. The number of nitrogens with zero attached hydrogens (tertiary/aromatic N) is 1. The number of carbonyl (C=O) groups is 2. The van der Waals surface area contributed by atoms with Crippen LogP contribution >= 0.6 is 0 Å². The van der Waals surface area contributed by atoms with Gasteiger partial charge in [-0.05, 0) is 18.6 Å². The average molecular weight is 280 g/mol. The number of aliphatic hydroxyl groups excluding tert-OH is 1. The third kappa shape index (κ3) is 6.86. The topological polar surface area (TPSA) is 89.9 Å². The third-order valence-electron chi connectivity index (χ3n) is 2.70. The fourth-order valence-electron chi connectivity index (χ4n) is 1.74. The van der Waals surface area contributed by atoms with Crippen LogP contribution in [0.25, 0.3) is 0 Å². The highest BCUT2D eigenvalue weighted by atomic mass is 16.4. The van der Waals surface area contributed by atoms with Crippen LogP contribution in [0.3, 0.4) is 0 Å². The van der Waals surface area contributed by atoms with Gasteiger partial charge in [-0.25, -0.2) is 0 Å². The molecule has 0 bridgehead atoms. The molecule has 0 aliphatic carbocycles. The van der Waals surface area contributed by atoms with E-state index in [0.717, 1.165) is 0 Å². The monoisotopic (exact) mass is 280 g/mol. The predicted octanol–water partition coefficient (Wildman–Crippen LogP) is 0.784. The second-order valence-corrected chi connectivity index (χ2v) is 4.41. The number of hydrogen-bond acceptors (Lipinski definition) is 4. The Hall–Kier alpha value is -1.92. The lowest BCUT2D eigenvalue weighted by atomic mass is 10.3. The molecule has 0 aromatic heterocycles. The molecular formula is C14H20N2O4. The average Bonchev–Trinajstić information content (AvgIpc) is 2.42. The lowest BCUT2D eigenvalue weighted by Gasteiger charge is -2.20. The summed E-state index contributed by atoms with van der Waals surface area (Å²) in [6, 6.07) is 9.07. The Bertz CT molecular complexity index is 422. The van der Waals surface area contributed by atoms with Gasteiger partial charge in [-0.15, -0.1) is 0 Å². The highest BCUT2D eigenvalue weighted by Crippen LogP contribution is 2.05. The van der Waals surface area contributed by atoms with Crippen LogP contribution in [0.1, 0.15) is 12.8 Å². The molecule has 1 amide bonds. The van der Waals surface area contributed by atoms with Crippen molar-refractivity contribution in [2.24, 2.45) is 0 Å². The molecule has 0 fully saturated rings. The highest BCUT2D eigenvalue weighted by molar-refractivity contribution is 5.92. The standard InChI is InChI=1S/C14H20N2O4/c17-10-4-8-16(9-7-14(19)20)11-13(18)15-12-5-2-1-3-6-12/h1-3,5-6,17H,4,7-11H2,(H,15,18)(H,19,20). The first-order chi connectivity index (χ1) is 9.61. The van der Waals surface area contributed by atoms with Gasteiger partial charge in [0.2, 0.25) is 5.91 Å². The van der Waals surface area contributed by atoms with E-state index in [1.54, 1.807) is 17.0 Å². The van der Waals surface area contributed by atoms with Crippen molar-refractivity contribution in [2.45, 2.75) is 12.8 Å². The van der Waals surface area contributed by atoms with E-state index in [2.05, 4.69) is 5.32 Å². The molecule has 0 saturated heterocycles. The molecular weight excluding hydrogens is 260 g/mol. The van der Waals surface area contributed by atoms with E-state index in [9.17, 15) is 9.59 Å². The van der Waals surface area contributed by atoms with Crippen LogP contribution in [-0.4, -0.2) is 53.2 Å². The quantitative estimate of drug-likeness (QED) is 0.622. The Labute approximate surface area is 118 Å². The molecule has 20 heavy (non-hydrogen) atoms. The van der Waals surface area contributed by atoms with E-state index >= 15 is 0 Å². The first-order valence-corrected chi connectivity index (χ1v) is 6.51. The number of nitrogens with one attached hydrogen (secondary N) is 1. The third-order valence-corrected chi connectivity index (χ3v) is 2.70. The molecule has 6 nitrogen and oxygen atoms in total. The van der Waals surface area contributed by atoms with E-state index in [4.69, 9.17) is 10.2 Å². The van der Waals surface area contributed by atoms with Crippen molar-refractivity contribution in [3.05, 3.63) is 30.3 Å². The van der Waals surface area contributed by atoms with Crippen molar-refractivity contribution >= 4 is 17.6 Å². The van der Waals surface area contributed by atoms with Gasteiger partial charge in [-0.1, -0.05) is 18.2 Å². The molecule has 110 valence electrons. The van der Waals surface area contributed by atoms with Gasteiger partial charge in [0.05, 0.1) is 13.0 Å². The fraction of sp³-hybridized carbons (Fsp3) is 0.429. The molecule has 1 aromatic rings. The van der Waals surface area contributed by atoms with Crippen molar-refractivity contribution in [1.82, 2.24) is 4.90 Å². The minimum Gasteiger partial charge on any atom is -0.481 e. The molecule has 0 aliphatic rings. The van der Waals surface area contributed by atoms with E-state index < -0.39 is 5.97 Å². The Morgan fingerprint density at radius 2 is 1.85 bits per heavy atom. The van der Waals surface area contributed by atoms with Gasteiger partial charge < -0.3 is 15.5 Å². The van der Waals surface area contributed by atoms with E-state index in [0.29, 0.717) is 18.7 Å². The maximum atomic E-state index is 11.9. The zero-order valence-corrected chi connectivity index (χ0v) is 11.3. The minimum atomic E-state index is -0.900. The van der Waals surface area contributed by atoms with Crippen molar-refractivity contribution in [3.8, 4) is 0 Å². The first kappa shape index (κ1) is 16.1. The molecule has 3 N–H and O–H groups in total. The zero-order valence-electron chi connectivity index (χ0n) is 11.3. The number of para-hydroxylation sites is 1. The number of benzene rings is 1. The molecule has 0 unspecified atom stereocenters. The number of amides is 1. The number of anilines is 1. The molecule has 0 radical (unpaired) electrons. The van der Waals surface area contributed by atoms with Crippen LogP contribution in [0.15, 0.2) is 30.3 Å². The van der Waals surface area contributed by atoms with E-state index in [1.165, 1.54) is 0 Å². The Balaban J connectivity index is 2.45. The minimum absolute atomic E-state index is 0.0177. The van der Waals surface area contributed by atoms with Crippen LogP contribution < -0.4 is 5.32 Å². The summed E-state index contributed by atoms with van der Waals surface area (Å²) in [4.78, 5) is 24.2.